The zero-order valence-corrected chi connectivity index (χ0v) is 8.04. The maximum absolute atomic E-state index is 9.27. The minimum atomic E-state index is -1.00. The van der Waals surface area contributed by atoms with E-state index in [0.29, 0.717) is 6.42 Å². The van der Waals surface area contributed by atoms with Gasteiger partial charge in [-0.1, -0.05) is 6.08 Å². The topological polar surface area (TPSA) is 90.2 Å². The Morgan fingerprint density at radius 2 is 1.86 bits per heavy atom. The highest BCUT2D eigenvalue weighted by molar-refractivity contribution is 4.78. The Hall–Kier alpha value is -0.460. The van der Waals surface area contributed by atoms with Gasteiger partial charge < -0.3 is 25.2 Å². The average Bonchev–Trinajstić information content (AvgIpc) is 2.22. The Morgan fingerprint density at radius 3 is 2.29 bits per heavy atom. The third-order valence-electron chi connectivity index (χ3n) is 1.73. The lowest BCUT2D eigenvalue weighted by atomic mass is 10.1. The average molecular weight is 206 g/mol. The van der Waals surface area contributed by atoms with Crippen molar-refractivity contribution in [2.75, 3.05) is 19.8 Å². The molecule has 0 spiro atoms. The standard InChI is InChI=1S/C9H18O5/c1-2-3-9(8(13)5-11)14-6-7(12)4-10/h2,7-13H,1,3-6H2. The first-order valence-corrected chi connectivity index (χ1v) is 4.46. The normalized spacial score (nSPS) is 17.4. The molecule has 0 rings (SSSR count). The molecule has 0 saturated heterocycles. The highest BCUT2D eigenvalue weighted by Crippen LogP contribution is 2.06. The molecule has 0 saturated carbocycles. The molecule has 5 nitrogen and oxygen atoms in total. The molecule has 0 aliphatic heterocycles. The maximum Gasteiger partial charge on any atom is 0.103 e. The fourth-order valence-corrected chi connectivity index (χ4v) is 0.905. The van der Waals surface area contributed by atoms with Gasteiger partial charge in [0.2, 0.25) is 0 Å². The van der Waals surface area contributed by atoms with Crippen molar-refractivity contribution in [2.24, 2.45) is 0 Å². The van der Waals surface area contributed by atoms with Gasteiger partial charge in [-0.3, -0.25) is 0 Å². The summed E-state index contributed by atoms with van der Waals surface area (Å²) in [7, 11) is 0. The van der Waals surface area contributed by atoms with E-state index in [2.05, 4.69) is 6.58 Å². The Kier molecular flexibility index (Phi) is 7.64. The summed E-state index contributed by atoms with van der Waals surface area (Å²) in [5, 5.41) is 35.4. The lowest BCUT2D eigenvalue weighted by Crippen LogP contribution is -2.34. The molecule has 84 valence electrons. The fourth-order valence-electron chi connectivity index (χ4n) is 0.905. The summed E-state index contributed by atoms with van der Waals surface area (Å²) < 4.78 is 5.10. The van der Waals surface area contributed by atoms with E-state index in [0.717, 1.165) is 0 Å². The zero-order valence-electron chi connectivity index (χ0n) is 8.04. The lowest BCUT2D eigenvalue weighted by Gasteiger charge is -2.21. The third kappa shape index (κ3) is 5.31. The number of aliphatic hydroxyl groups excluding tert-OH is 4. The van der Waals surface area contributed by atoms with Crippen LogP contribution in [0.4, 0.5) is 0 Å². The summed E-state index contributed by atoms with van der Waals surface area (Å²) in [6.07, 6.45) is -0.639. The van der Waals surface area contributed by atoms with Crippen LogP contribution in [0.3, 0.4) is 0 Å². The highest BCUT2D eigenvalue weighted by Gasteiger charge is 2.18. The molecule has 0 radical (unpaired) electrons. The molecule has 0 aromatic rings. The summed E-state index contributed by atoms with van der Waals surface area (Å²) in [5.74, 6) is 0. The molecule has 3 atom stereocenters. The first-order chi connectivity index (χ1) is 6.65. The van der Waals surface area contributed by atoms with E-state index in [1.807, 2.05) is 0 Å². The molecule has 4 N–H and O–H groups in total. The molecule has 14 heavy (non-hydrogen) atoms. The van der Waals surface area contributed by atoms with Crippen LogP contribution in [0.2, 0.25) is 0 Å². The molecule has 0 aliphatic carbocycles. The second-order valence-corrected chi connectivity index (χ2v) is 2.98. The van der Waals surface area contributed by atoms with Crippen LogP contribution in [-0.4, -0.2) is 58.6 Å². The molecule has 0 bridgehead atoms. The van der Waals surface area contributed by atoms with Crippen molar-refractivity contribution in [2.45, 2.75) is 24.7 Å². The number of hydrogen-bond donors (Lipinski definition) is 4. The van der Waals surface area contributed by atoms with Crippen molar-refractivity contribution < 1.29 is 25.2 Å². The van der Waals surface area contributed by atoms with E-state index >= 15 is 0 Å². The first-order valence-electron chi connectivity index (χ1n) is 4.46. The van der Waals surface area contributed by atoms with Crippen LogP contribution in [0.1, 0.15) is 6.42 Å². The van der Waals surface area contributed by atoms with E-state index in [9.17, 15) is 5.11 Å². The molecule has 0 heterocycles. The molecule has 3 unspecified atom stereocenters. The van der Waals surface area contributed by atoms with Crippen LogP contribution in [0, 0.1) is 0 Å². The van der Waals surface area contributed by atoms with Crippen molar-refractivity contribution in [1.82, 2.24) is 0 Å². The van der Waals surface area contributed by atoms with Crippen molar-refractivity contribution in [3.05, 3.63) is 12.7 Å². The Morgan fingerprint density at radius 1 is 1.21 bits per heavy atom. The second-order valence-electron chi connectivity index (χ2n) is 2.98. The smallest absolute Gasteiger partial charge is 0.103 e. The van der Waals surface area contributed by atoms with Crippen molar-refractivity contribution in [1.29, 1.82) is 0 Å². The van der Waals surface area contributed by atoms with Gasteiger partial charge in [0.15, 0.2) is 0 Å². The second kappa shape index (κ2) is 7.90. The van der Waals surface area contributed by atoms with Crippen molar-refractivity contribution >= 4 is 0 Å². The molecule has 0 aliphatic rings. The number of ether oxygens (including phenoxy) is 1. The minimum Gasteiger partial charge on any atom is -0.394 e. The zero-order chi connectivity index (χ0) is 11.0. The summed E-state index contributed by atoms with van der Waals surface area (Å²) >= 11 is 0. The van der Waals surface area contributed by atoms with E-state index in [-0.39, 0.29) is 6.61 Å². The molecule has 0 fully saturated rings. The quantitative estimate of drug-likeness (QED) is 0.369. The van der Waals surface area contributed by atoms with Crippen LogP contribution >= 0.6 is 0 Å². The van der Waals surface area contributed by atoms with E-state index in [1.54, 1.807) is 6.08 Å². The van der Waals surface area contributed by atoms with Crippen LogP contribution in [0.5, 0.6) is 0 Å². The predicted molar refractivity (Wildman–Crippen MR) is 50.7 cm³/mol. The first kappa shape index (κ1) is 13.5. The van der Waals surface area contributed by atoms with Gasteiger partial charge in [0, 0.05) is 0 Å². The summed E-state index contributed by atoms with van der Waals surface area (Å²) in [4.78, 5) is 0. The Balaban J connectivity index is 3.89. The van der Waals surface area contributed by atoms with Gasteiger partial charge in [-0.25, -0.2) is 0 Å². The van der Waals surface area contributed by atoms with E-state index in [1.165, 1.54) is 0 Å². The minimum absolute atomic E-state index is 0.0773. The van der Waals surface area contributed by atoms with Gasteiger partial charge in [0.25, 0.3) is 0 Å². The molecule has 0 aromatic heterocycles. The predicted octanol–water partition coefficient (Wildman–Crippen LogP) is -1.35. The fraction of sp³-hybridized carbons (Fsp3) is 0.778. The van der Waals surface area contributed by atoms with Gasteiger partial charge in [-0.05, 0) is 6.42 Å². The summed E-state index contributed by atoms with van der Waals surface area (Å²) in [6.45, 7) is 2.60. The highest BCUT2D eigenvalue weighted by atomic mass is 16.5. The molecule has 0 aromatic carbocycles. The third-order valence-corrected chi connectivity index (χ3v) is 1.73. The van der Waals surface area contributed by atoms with Crippen molar-refractivity contribution in [3.8, 4) is 0 Å². The number of rotatable bonds is 8. The Labute approximate surface area is 83.3 Å². The largest absolute Gasteiger partial charge is 0.394 e. The maximum atomic E-state index is 9.27. The number of aliphatic hydroxyl groups is 4. The van der Waals surface area contributed by atoms with Gasteiger partial charge >= 0.3 is 0 Å². The van der Waals surface area contributed by atoms with Gasteiger partial charge in [-0.15, -0.1) is 6.58 Å². The van der Waals surface area contributed by atoms with Crippen LogP contribution in [0.15, 0.2) is 12.7 Å². The summed E-state index contributed by atoms with van der Waals surface area (Å²) in [5.41, 5.74) is 0. The van der Waals surface area contributed by atoms with Gasteiger partial charge in [0.1, 0.15) is 12.2 Å². The molecular formula is C9H18O5. The lowest BCUT2D eigenvalue weighted by molar-refractivity contribution is -0.0856. The molecule has 5 heteroatoms. The number of hydrogen-bond acceptors (Lipinski definition) is 5. The van der Waals surface area contributed by atoms with Crippen LogP contribution < -0.4 is 0 Å². The summed E-state index contributed by atoms with van der Waals surface area (Å²) in [6, 6.07) is 0. The Bertz CT molecular complexity index is 150. The van der Waals surface area contributed by atoms with Crippen LogP contribution in [-0.2, 0) is 4.74 Å². The van der Waals surface area contributed by atoms with Gasteiger partial charge in [-0.2, -0.15) is 0 Å². The van der Waals surface area contributed by atoms with Gasteiger partial charge in [0.05, 0.1) is 25.9 Å². The van der Waals surface area contributed by atoms with E-state index < -0.39 is 31.5 Å². The van der Waals surface area contributed by atoms with E-state index in [4.69, 9.17) is 20.1 Å². The van der Waals surface area contributed by atoms with Crippen molar-refractivity contribution in [3.63, 3.8) is 0 Å². The molecular weight excluding hydrogens is 188 g/mol. The monoisotopic (exact) mass is 206 g/mol. The SMILES string of the molecule is C=CCC(OCC(O)CO)C(O)CO. The molecule has 0 amide bonds. The van der Waals surface area contributed by atoms with Crippen LogP contribution in [0.25, 0.3) is 0 Å².